The van der Waals surface area contributed by atoms with Crippen LogP contribution >= 0.6 is 0 Å². The summed E-state index contributed by atoms with van der Waals surface area (Å²) in [6, 6.07) is 5.75. The molecule has 92 valence electrons. The van der Waals surface area contributed by atoms with E-state index in [2.05, 4.69) is 25.5 Å². The highest BCUT2D eigenvalue weighted by atomic mass is 15.4. The van der Waals surface area contributed by atoms with Gasteiger partial charge in [0.25, 0.3) is 0 Å². The van der Waals surface area contributed by atoms with Crippen LogP contribution < -0.4 is 5.43 Å². The second kappa shape index (κ2) is 5.35. The van der Waals surface area contributed by atoms with E-state index >= 15 is 0 Å². The zero-order chi connectivity index (χ0) is 13.0. The smallest absolute Gasteiger partial charge is 0.243 e. The third kappa shape index (κ3) is 3.10. The van der Waals surface area contributed by atoms with Crippen molar-refractivity contribution < 1.29 is 0 Å². The Kier molecular flexibility index (Phi) is 3.62. The Bertz CT molecular complexity index is 543. The van der Waals surface area contributed by atoms with E-state index in [0.717, 1.165) is 22.7 Å². The first kappa shape index (κ1) is 12.2. The lowest BCUT2D eigenvalue weighted by Gasteiger charge is -2.03. The Hall–Kier alpha value is -2.30. The number of aryl methyl sites for hydroxylation is 2. The molecule has 0 saturated carbocycles. The average Bonchev–Trinajstić information content (AvgIpc) is 2.36. The Morgan fingerprint density at radius 3 is 2.56 bits per heavy atom. The molecule has 0 amide bonds. The first-order valence-electron chi connectivity index (χ1n) is 5.68. The highest BCUT2D eigenvalue weighted by Crippen LogP contribution is 2.04. The largest absolute Gasteiger partial charge is 0.264 e. The van der Waals surface area contributed by atoms with Gasteiger partial charge < -0.3 is 0 Å². The minimum Gasteiger partial charge on any atom is -0.264 e. The van der Waals surface area contributed by atoms with Crippen molar-refractivity contribution in [2.24, 2.45) is 5.10 Å². The second-order valence-corrected chi connectivity index (χ2v) is 4.03. The molecule has 0 unspecified atom stereocenters. The first-order chi connectivity index (χ1) is 8.65. The van der Waals surface area contributed by atoms with Gasteiger partial charge in [0, 0.05) is 29.3 Å². The lowest BCUT2D eigenvalue weighted by molar-refractivity contribution is 1.03. The molecule has 5 heteroatoms. The fraction of sp³-hybridized carbons (Fsp3) is 0.231. The van der Waals surface area contributed by atoms with Gasteiger partial charge in [0.15, 0.2) is 0 Å². The first-order valence-corrected chi connectivity index (χ1v) is 5.68. The molecule has 0 atom stereocenters. The Morgan fingerprint density at radius 1 is 1.22 bits per heavy atom. The lowest BCUT2D eigenvalue weighted by atomic mass is 10.2. The number of pyridine rings is 1. The quantitative estimate of drug-likeness (QED) is 0.661. The third-order valence-corrected chi connectivity index (χ3v) is 2.39. The van der Waals surface area contributed by atoms with Crippen LogP contribution in [0.4, 0.5) is 5.95 Å². The number of hydrogen-bond acceptors (Lipinski definition) is 5. The summed E-state index contributed by atoms with van der Waals surface area (Å²) in [5.74, 6) is 0.510. The monoisotopic (exact) mass is 241 g/mol. The number of anilines is 1. The van der Waals surface area contributed by atoms with Gasteiger partial charge in [-0.3, -0.25) is 4.98 Å². The summed E-state index contributed by atoms with van der Waals surface area (Å²) in [5.41, 5.74) is 6.50. The van der Waals surface area contributed by atoms with Crippen LogP contribution in [0.2, 0.25) is 0 Å². The normalized spacial score (nSPS) is 11.4. The van der Waals surface area contributed by atoms with Gasteiger partial charge in [0.05, 0.1) is 5.71 Å². The molecule has 2 aromatic heterocycles. The van der Waals surface area contributed by atoms with Crippen LogP contribution in [0, 0.1) is 13.8 Å². The van der Waals surface area contributed by atoms with Crippen LogP contribution in [0.25, 0.3) is 0 Å². The molecule has 0 aliphatic heterocycles. The molecular weight excluding hydrogens is 226 g/mol. The highest BCUT2D eigenvalue weighted by Gasteiger charge is 1.99. The van der Waals surface area contributed by atoms with Crippen molar-refractivity contribution in [3.63, 3.8) is 0 Å². The number of rotatable bonds is 3. The van der Waals surface area contributed by atoms with Gasteiger partial charge in [0.1, 0.15) is 0 Å². The predicted octanol–water partition coefficient (Wildman–Crippen LogP) is 2.32. The Labute approximate surface area is 106 Å². The summed E-state index contributed by atoms with van der Waals surface area (Å²) < 4.78 is 0. The Morgan fingerprint density at radius 2 is 1.94 bits per heavy atom. The fourth-order valence-electron chi connectivity index (χ4n) is 1.55. The van der Waals surface area contributed by atoms with E-state index in [-0.39, 0.29) is 0 Å². The van der Waals surface area contributed by atoms with Gasteiger partial charge in [-0.1, -0.05) is 6.07 Å². The van der Waals surface area contributed by atoms with Crippen LogP contribution in [0.15, 0.2) is 35.7 Å². The van der Waals surface area contributed by atoms with Crippen molar-refractivity contribution in [3.05, 3.63) is 47.5 Å². The number of nitrogens with one attached hydrogen (secondary N) is 1. The molecular formula is C13H15N5. The average molecular weight is 241 g/mol. The van der Waals surface area contributed by atoms with Crippen molar-refractivity contribution >= 4 is 11.7 Å². The molecule has 0 spiro atoms. The lowest BCUT2D eigenvalue weighted by Crippen LogP contribution is -2.03. The molecule has 0 aromatic carbocycles. The zero-order valence-electron chi connectivity index (χ0n) is 10.7. The Balaban J connectivity index is 2.15. The van der Waals surface area contributed by atoms with Crippen molar-refractivity contribution in [1.82, 2.24) is 15.0 Å². The fourth-order valence-corrected chi connectivity index (χ4v) is 1.55. The predicted molar refractivity (Wildman–Crippen MR) is 71.6 cm³/mol. The molecule has 18 heavy (non-hydrogen) atoms. The summed E-state index contributed by atoms with van der Waals surface area (Å²) in [6.45, 7) is 5.77. The minimum atomic E-state index is 0.510. The van der Waals surface area contributed by atoms with Crippen molar-refractivity contribution in [2.45, 2.75) is 20.8 Å². The van der Waals surface area contributed by atoms with E-state index in [1.807, 2.05) is 39.0 Å². The zero-order valence-corrected chi connectivity index (χ0v) is 10.7. The molecule has 0 fully saturated rings. The summed E-state index contributed by atoms with van der Waals surface area (Å²) in [5, 5.41) is 4.25. The van der Waals surface area contributed by atoms with E-state index in [1.165, 1.54) is 0 Å². The number of hydrogen-bond donors (Lipinski definition) is 1. The van der Waals surface area contributed by atoms with Crippen LogP contribution in [0.5, 0.6) is 0 Å². The minimum absolute atomic E-state index is 0.510. The number of hydrazone groups is 1. The molecule has 0 bridgehead atoms. The molecule has 2 aromatic rings. The van der Waals surface area contributed by atoms with E-state index in [9.17, 15) is 0 Å². The molecule has 0 aliphatic rings. The van der Waals surface area contributed by atoms with Crippen LogP contribution in [0.1, 0.15) is 23.9 Å². The van der Waals surface area contributed by atoms with Gasteiger partial charge in [-0.2, -0.15) is 5.10 Å². The third-order valence-electron chi connectivity index (χ3n) is 2.39. The van der Waals surface area contributed by atoms with Crippen molar-refractivity contribution in [3.8, 4) is 0 Å². The van der Waals surface area contributed by atoms with Crippen molar-refractivity contribution in [1.29, 1.82) is 0 Å². The van der Waals surface area contributed by atoms with E-state index in [0.29, 0.717) is 5.95 Å². The summed E-state index contributed by atoms with van der Waals surface area (Å²) in [4.78, 5) is 12.6. The molecule has 0 aliphatic carbocycles. The highest BCUT2D eigenvalue weighted by molar-refractivity contribution is 5.98. The van der Waals surface area contributed by atoms with Crippen molar-refractivity contribution in [2.75, 3.05) is 5.43 Å². The van der Waals surface area contributed by atoms with Gasteiger partial charge in [-0.05, 0) is 32.9 Å². The van der Waals surface area contributed by atoms with Crippen LogP contribution in [-0.4, -0.2) is 20.7 Å². The summed E-state index contributed by atoms with van der Waals surface area (Å²) >= 11 is 0. The van der Waals surface area contributed by atoms with E-state index < -0.39 is 0 Å². The molecule has 0 saturated heterocycles. The summed E-state index contributed by atoms with van der Waals surface area (Å²) in [7, 11) is 0. The second-order valence-electron chi connectivity index (χ2n) is 4.03. The number of nitrogens with zero attached hydrogens (tertiary/aromatic N) is 4. The van der Waals surface area contributed by atoms with E-state index in [4.69, 9.17) is 0 Å². The molecule has 2 heterocycles. The van der Waals surface area contributed by atoms with Gasteiger partial charge in [0.2, 0.25) is 5.95 Å². The van der Waals surface area contributed by atoms with Gasteiger partial charge >= 0.3 is 0 Å². The molecule has 1 N–H and O–H groups in total. The SMILES string of the molecule is C/C(=N\Nc1nc(C)cc(C)n1)c1cccnc1. The molecule has 0 radical (unpaired) electrons. The van der Waals surface area contributed by atoms with Gasteiger partial charge in [-0.25, -0.2) is 15.4 Å². The molecule has 5 nitrogen and oxygen atoms in total. The summed E-state index contributed by atoms with van der Waals surface area (Å²) in [6.07, 6.45) is 3.50. The van der Waals surface area contributed by atoms with Gasteiger partial charge in [-0.15, -0.1) is 0 Å². The maximum absolute atomic E-state index is 4.25. The van der Waals surface area contributed by atoms with Crippen LogP contribution in [-0.2, 0) is 0 Å². The maximum Gasteiger partial charge on any atom is 0.243 e. The standard InChI is InChI=1S/C13H15N5/c1-9-7-10(2)16-13(15-9)18-17-11(3)12-5-4-6-14-8-12/h4-8H,1-3H3,(H,15,16,18)/b17-11+. The topological polar surface area (TPSA) is 63.1 Å². The van der Waals surface area contributed by atoms with Crippen LogP contribution in [0.3, 0.4) is 0 Å². The number of aromatic nitrogens is 3. The maximum atomic E-state index is 4.25. The molecule has 2 rings (SSSR count). The van der Waals surface area contributed by atoms with E-state index in [1.54, 1.807) is 12.4 Å².